The Balaban J connectivity index is 2.06. The van der Waals surface area contributed by atoms with E-state index >= 15 is 0 Å². The molecule has 2 rings (SSSR count). The number of nitrogens with zero attached hydrogens (tertiary/aromatic N) is 1. The van der Waals surface area contributed by atoms with Crippen LogP contribution < -0.4 is 5.73 Å². The van der Waals surface area contributed by atoms with Crippen LogP contribution in [0.15, 0.2) is 0 Å². The Labute approximate surface area is 76.4 Å². The van der Waals surface area contributed by atoms with Gasteiger partial charge in [0.15, 0.2) is 0 Å². The van der Waals surface area contributed by atoms with Crippen molar-refractivity contribution in [3.63, 3.8) is 0 Å². The molecule has 0 aromatic heterocycles. The van der Waals surface area contributed by atoms with E-state index in [9.17, 15) is 10.0 Å². The summed E-state index contributed by atoms with van der Waals surface area (Å²) in [6, 6.07) is -0.129. The second-order valence-corrected chi connectivity index (χ2v) is 3.85. The number of fused-ring (bicyclic) bond motifs is 1. The zero-order valence-corrected chi connectivity index (χ0v) is 7.31. The molecule has 1 aliphatic carbocycles. The van der Waals surface area contributed by atoms with Crippen molar-refractivity contribution in [2.75, 3.05) is 0 Å². The minimum atomic E-state index is -0.410. The van der Waals surface area contributed by atoms with E-state index in [2.05, 4.69) is 4.84 Å². The van der Waals surface area contributed by atoms with Crippen LogP contribution in [0.1, 0.15) is 25.7 Å². The quantitative estimate of drug-likeness (QED) is 0.581. The molecule has 1 saturated heterocycles. The average molecular weight is 185 g/mol. The van der Waals surface area contributed by atoms with Crippen molar-refractivity contribution in [3.8, 4) is 0 Å². The van der Waals surface area contributed by atoms with Crippen LogP contribution in [0.5, 0.6) is 0 Å². The maximum absolute atomic E-state index is 11.2. The van der Waals surface area contributed by atoms with Crippen LogP contribution in [0, 0.1) is 11.1 Å². The van der Waals surface area contributed by atoms with Gasteiger partial charge in [0.25, 0.3) is 0 Å². The molecule has 2 fully saturated rings. The number of hydroxylamine groups is 2. The van der Waals surface area contributed by atoms with Crippen LogP contribution >= 0.6 is 0 Å². The zero-order chi connectivity index (χ0) is 9.42. The van der Waals surface area contributed by atoms with Crippen LogP contribution in [-0.2, 0) is 9.63 Å². The highest BCUT2D eigenvalue weighted by molar-refractivity contribution is 5.70. The molecule has 74 valence electrons. The predicted octanol–water partition coefficient (Wildman–Crippen LogP) is 0.144. The second-order valence-electron chi connectivity index (χ2n) is 3.85. The van der Waals surface area contributed by atoms with E-state index < -0.39 is 5.97 Å². The smallest absolute Gasteiger partial charge is 0.324 e. The number of carbonyl (C=O) groups is 1. The van der Waals surface area contributed by atoms with E-state index in [-0.39, 0.29) is 18.0 Å². The molecule has 3 unspecified atom stereocenters. The molecule has 5 heteroatoms. The van der Waals surface area contributed by atoms with E-state index in [0.717, 1.165) is 12.8 Å². The maximum Gasteiger partial charge on any atom is 0.324 e. The number of hydrogen-bond donors (Lipinski definition) is 1. The monoisotopic (exact) mass is 185 g/mol. The summed E-state index contributed by atoms with van der Waals surface area (Å²) in [6.07, 6.45) is 2.78. The third-order valence-corrected chi connectivity index (χ3v) is 2.89. The fraction of sp³-hybridized carbons (Fsp3) is 0.875. The number of rotatable bonds is 0. The predicted molar refractivity (Wildman–Crippen MR) is 45.0 cm³/mol. The molecule has 0 amide bonds. The van der Waals surface area contributed by atoms with Gasteiger partial charge >= 0.3 is 5.97 Å². The molecule has 5 nitrogen and oxygen atoms in total. The van der Waals surface area contributed by atoms with Crippen molar-refractivity contribution < 1.29 is 9.63 Å². The fourth-order valence-electron chi connectivity index (χ4n) is 2.16. The van der Waals surface area contributed by atoms with E-state index in [4.69, 9.17) is 5.73 Å². The molecule has 13 heavy (non-hydrogen) atoms. The number of hydrogen-bond acceptors (Lipinski definition) is 5. The lowest BCUT2D eigenvalue weighted by Gasteiger charge is -2.46. The van der Waals surface area contributed by atoms with Crippen LogP contribution in [0.3, 0.4) is 0 Å². The molecule has 0 spiro atoms. The topological polar surface area (TPSA) is 78.6 Å². The molecular weight excluding hydrogens is 172 g/mol. The Hall–Kier alpha value is -0.650. The molecular formula is C8H13N2O3-. The summed E-state index contributed by atoms with van der Waals surface area (Å²) < 4.78 is 0. The lowest BCUT2D eigenvalue weighted by molar-refractivity contribution is -0.211. The molecule has 1 heterocycles. The molecule has 0 bridgehead atoms. The van der Waals surface area contributed by atoms with Crippen LogP contribution in [0.2, 0.25) is 0 Å². The Kier molecular flexibility index (Phi) is 2.23. The van der Waals surface area contributed by atoms with E-state index in [1.807, 2.05) is 0 Å². The van der Waals surface area contributed by atoms with Crippen molar-refractivity contribution in [2.45, 2.75) is 37.8 Å². The summed E-state index contributed by atoms with van der Waals surface area (Å²) in [7, 11) is 0. The average Bonchev–Trinajstić information content (AvgIpc) is 2.06. The Morgan fingerprint density at radius 3 is 3.08 bits per heavy atom. The highest BCUT2D eigenvalue weighted by atomic mass is 16.9. The number of nitrogens with two attached hydrogens (primary N) is 1. The molecule has 0 radical (unpaired) electrons. The van der Waals surface area contributed by atoms with Gasteiger partial charge in [0.2, 0.25) is 0 Å². The minimum Gasteiger partial charge on any atom is -0.752 e. The summed E-state index contributed by atoms with van der Waals surface area (Å²) in [5, 5.41) is 11.6. The summed E-state index contributed by atoms with van der Waals surface area (Å²) in [6.45, 7) is 0. The molecule has 2 N–H and O–H groups in total. The largest absolute Gasteiger partial charge is 0.752 e. The van der Waals surface area contributed by atoms with Gasteiger partial charge in [0.1, 0.15) is 0 Å². The first-order chi connectivity index (χ1) is 6.16. The normalized spacial score (nSPS) is 41.1. The van der Waals surface area contributed by atoms with E-state index in [1.54, 1.807) is 0 Å². The third-order valence-electron chi connectivity index (χ3n) is 2.89. The molecule has 1 aliphatic heterocycles. The molecule has 0 aromatic carbocycles. The lowest BCUT2D eigenvalue weighted by atomic mass is 9.80. The summed E-state index contributed by atoms with van der Waals surface area (Å²) in [5.74, 6) is -0.259. The third kappa shape index (κ3) is 1.67. The van der Waals surface area contributed by atoms with Crippen molar-refractivity contribution >= 4 is 5.97 Å². The van der Waals surface area contributed by atoms with Crippen molar-refractivity contribution in [1.29, 1.82) is 0 Å². The van der Waals surface area contributed by atoms with Crippen LogP contribution in [-0.4, -0.2) is 23.3 Å². The highest BCUT2D eigenvalue weighted by Gasteiger charge is 2.36. The van der Waals surface area contributed by atoms with Gasteiger partial charge in [-0.05, 0) is 25.2 Å². The van der Waals surface area contributed by atoms with Crippen LogP contribution in [0.25, 0.3) is 0 Å². The van der Waals surface area contributed by atoms with Gasteiger partial charge in [-0.25, -0.2) is 5.23 Å². The molecule has 1 saturated carbocycles. The van der Waals surface area contributed by atoms with E-state index in [1.165, 1.54) is 0 Å². The van der Waals surface area contributed by atoms with Gasteiger partial charge in [-0.1, -0.05) is 0 Å². The standard InChI is InChI=1S/C8H13N2O3/c9-6-2-1-5-3-8(11)13-10(12)7(5)4-6/h5-7H,1-4,9H2/q-1. The fourth-order valence-corrected chi connectivity index (χ4v) is 2.16. The van der Waals surface area contributed by atoms with Gasteiger partial charge in [0, 0.05) is 12.1 Å². The first-order valence-electron chi connectivity index (χ1n) is 4.59. The SMILES string of the molecule is NC1CCC2CC(=O)ON([O-])C2C1. The van der Waals surface area contributed by atoms with Crippen molar-refractivity contribution in [3.05, 3.63) is 5.21 Å². The van der Waals surface area contributed by atoms with Gasteiger partial charge in [0.05, 0.1) is 6.42 Å². The molecule has 0 aromatic rings. The molecule has 2 aliphatic rings. The first kappa shape index (κ1) is 8.93. The maximum atomic E-state index is 11.2. The van der Waals surface area contributed by atoms with Crippen LogP contribution in [0.4, 0.5) is 0 Å². The van der Waals surface area contributed by atoms with E-state index in [0.29, 0.717) is 18.1 Å². The Morgan fingerprint density at radius 2 is 2.31 bits per heavy atom. The molecule has 3 atom stereocenters. The Bertz CT molecular complexity index is 221. The van der Waals surface area contributed by atoms with Crippen molar-refractivity contribution in [2.24, 2.45) is 11.7 Å². The summed E-state index contributed by atoms with van der Waals surface area (Å²) in [4.78, 5) is 15.4. The summed E-state index contributed by atoms with van der Waals surface area (Å²) in [5.41, 5.74) is 5.73. The second kappa shape index (κ2) is 3.25. The van der Waals surface area contributed by atoms with Crippen molar-refractivity contribution in [1.82, 2.24) is 5.23 Å². The van der Waals surface area contributed by atoms with Gasteiger partial charge in [-0.15, -0.1) is 0 Å². The first-order valence-corrected chi connectivity index (χ1v) is 4.59. The Morgan fingerprint density at radius 1 is 1.54 bits per heavy atom. The number of carbonyl (C=O) groups excluding carboxylic acids is 1. The minimum absolute atomic E-state index is 0.0782. The summed E-state index contributed by atoms with van der Waals surface area (Å²) >= 11 is 0. The lowest BCUT2D eigenvalue weighted by Crippen LogP contribution is -2.50. The van der Waals surface area contributed by atoms with Gasteiger partial charge < -0.3 is 15.8 Å². The van der Waals surface area contributed by atoms with Gasteiger partial charge in [-0.2, -0.15) is 0 Å². The zero-order valence-electron chi connectivity index (χ0n) is 7.31. The van der Waals surface area contributed by atoms with Gasteiger partial charge in [-0.3, -0.25) is 4.79 Å². The highest BCUT2D eigenvalue weighted by Crippen LogP contribution is 2.33.